The lowest BCUT2D eigenvalue weighted by Crippen LogP contribution is -2.38. The second-order valence-corrected chi connectivity index (χ2v) is 7.46. The van der Waals surface area contributed by atoms with E-state index in [1.54, 1.807) is 12.3 Å². The van der Waals surface area contributed by atoms with E-state index in [9.17, 15) is 9.18 Å². The first-order valence-corrected chi connectivity index (χ1v) is 9.62. The number of anilines is 1. The Bertz CT molecular complexity index is 764. The first kappa shape index (κ1) is 21.6. The minimum atomic E-state index is -1.47. The Kier molecular flexibility index (Phi) is 7.32. The van der Waals surface area contributed by atoms with E-state index < -0.39 is 5.67 Å². The lowest BCUT2D eigenvalue weighted by molar-refractivity contribution is -0.127. The molecule has 1 N–H and O–H groups in total. The number of carbonyl (C=O) groups is 1. The van der Waals surface area contributed by atoms with Gasteiger partial charge < -0.3 is 10.2 Å². The summed E-state index contributed by atoms with van der Waals surface area (Å²) in [6.07, 6.45) is 10.8. The van der Waals surface area contributed by atoms with Crippen molar-refractivity contribution in [2.24, 2.45) is 5.92 Å². The first-order chi connectivity index (χ1) is 13.3. The molecule has 0 radical (unpaired) electrons. The van der Waals surface area contributed by atoms with Crippen LogP contribution in [-0.2, 0) is 10.5 Å². The maximum absolute atomic E-state index is 14.0. The van der Waals surface area contributed by atoms with Crippen LogP contribution < -0.4 is 5.32 Å². The number of likely N-dealkylation sites (tertiary alicyclic amines) is 1. The van der Waals surface area contributed by atoms with E-state index in [1.165, 1.54) is 19.9 Å². The number of aromatic nitrogens is 1. The molecular weight excluding hydrogens is 353 g/mol. The molecule has 1 aliphatic rings. The number of carbonyl (C=O) groups excluding carboxylic acids is 1. The Hall–Kier alpha value is -2.69. The van der Waals surface area contributed by atoms with Gasteiger partial charge in [0.25, 0.3) is 0 Å². The average molecular weight is 384 g/mol. The zero-order chi connectivity index (χ0) is 20.7. The van der Waals surface area contributed by atoms with E-state index in [-0.39, 0.29) is 5.91 Å². The van der Waals surface area contributed by atoms with Crippen molar-refractivity contribution in [1.82, 2.24) is 9.88 Å². The van der Waals surface area contributed by atoms with Gasteiger partial charge in [-0.05, 0) is 63.3 Å². The van der Waals surface area contributed by atoms with Gasteiger partial charge in [0.2, 0.25) is 5.91 Å². The third-order valence-corrected chi connectivity index (χ3v) is 4.91. The zero-order valence-corrected chi connectivity index (χ0v) is 17.0. The van der Waals surface area contributed by atoms with Crippen LogP contribution in [0.3, 0.4) is 0 Å². The van der Waals surface area contributed by atoms with Crippen LogP contribution in [0.1, 0.15) is 39.3 Å². The van der Waals surface area contributed by atoms with Gasteiger partial charge in [0.1, 0.15) is 5.67 Å². The summed E-state index contributed by atoms with van der Waals surface area (Å²) in [5.74, 6) is 0.290. The molecule has 1 aliphatic heterocycles. The molecule has 0 saturated carbocycles. The van der Waals surface area contributed by atoms with Crippen LogP contribution in [0.4, 0.5) is 10.1 Å². The molecule has 0 bridgehead atoms. The molecule has 0 unspecified atom stereocenters. The van der Waals surface area contributed by atoms with Gasteiger partial charge in [-0.15, -0.1) is 0 Å². The molecule has 0 aromatic carbocycles. The van der Waals surface area contributed by atoms with Crippen molar-refractivity contribution in [3.05, 3.63) is 72.8 Å². The number of amides is 1. The number of pyridine rings is 1. The number of nitrogens with zero attached hydrogens (tertiary/aromatic N) is 2. The predicted octanol–water partition coefficient (Wildman–Crippen LogP) is 5.14. The van der Waals surface area contributed by atoms with E-state index in [2.05, 4.69) is 29.5 Å². The van der Waals surface area contributed by atoms with Gasteiger partial charge in [-0.2, -0.15) is 0 Å². The molecule has 2 rings (SSSR count). The quantitative estimate of drug-likeness (QED) is 0.524. The monoisotopic (exact) mass is 383 g/mol. The van der Waals surface area contributed by atoms with Gasteiger partial charge >= 0.3 is 0 Å². The molecule has 0 aliphatic carbocycles. The van der Waals surface area contributed by atoms with Crippen molar-refractivity contribution >= 4 is 11.6 Å². The van der Waals surface area contributed by atoms with E-state index in [0.717, 1.165) is 29.8 Å². The standard InChI is InChI=1S/C23H30FN3O/c1-6-8-9-20(18-12-14-27(15-13-18)22(28)7-2)17(3)26-19-10-11-21(25-16-19)23(4,5)24/h6-11,16,18,26H,2-3,12-15H2,1,4-5H3/b8-6-,20-9+. The molecule has 5 heteroatoms. The van der Waals surface area contributed by atoms with Crippen LogP contribution in [0.15, 0.2) is 67.1 Å². The fraction of sp³-hybridized carbons (Fsp3) is 0.391. The van der Waals surface area contributed by atoms with Crippen molar-refractivity contribution in [2.45, 2.75) is 39.3 Å². The highest BCUT2D eigenvalue weighted by Crippen LogP contribution is 2.30. The van der Waals surface area contributed by atoms with E-state index in [4.69, 9.17) is 0 Å². The molecule has 28 heavy (non-hydrogen) atoms. The van der Waals surface area contributed by atoms with Crippen LogP contribution in [0.2, 0.25) is 0 Å². The summed E-state index contributed by atoms with van der Waals surface area (Å²) in [5.41, 5.74) is 1.60. The summed E-state index contributed by atoms with van der Waals surface area (Å²) >= 11 is 0. The second kappa shape index (κ2) is 9.49. The van der Waals surface area contributed by atoms with E-state index in [1.807, 2.05) is 30.0 Å². The Balaban J connectivity index is 2.10. The number of piperidine rings is 1. The average Bonchev–Trinajstić information content (AvgIpc) is 2.68. The maximum Gasteiger partial charge on any atom is 0.245 e. The SMILES string of the molecule is C=CC(=O)N1CCC(/C(=C/C=C\C)C(=C)Nc2ccc(C(C)(C)F)nc2)CC1. The summed E-state index contributed by atoms with van der Waals surface area (Å²) in [7, 11) is 0. The largest absolute Gasteiger partial charge is 0.355 e. The lowest BCUT2D eigenvalue weighted by atomic mass is 9.87. The maximum atomic E-state index is 14.0. The Labute approximate surface area is 167 Å². The lowest BCUT2D eigenvalue weighted by Gasteiger charge is -2.33. The number of alkyl halides is 1. The highest BCUT2D eigenvalue weighted by molar-refractivity contribution is 5.87. The number of hydrogen-bond donors (Lipinski definition) is 1. The Morgan fingerprint density at radius 1 is 1.36 bits per heavy atom. The van der Waals surface area contributed by atoms with Gasteiger partial charge in [0.15, 0.2) is 0 Å². The fourth-order valence-corrected chi connectivity index (χ4v) is 3.29. The van der Waals surface area contributed by atoms with Crippen LogP contribution >= 0.6 is 0 Å². The number of rotatable bonds is 7. The first-order valence-electron chi connectivity index (χ1n) is 9.62. The summed E-state index contributed by atoms with van der Waals surface area (Å²) in [5, 5.41) is 3.29. The van der Waals surface area contributed by atoms with Crippen LogP contribution in [0.25, 0.3) is 0 Å². The fourth-order valence-electron chi connectivity index (χ4n) is 3.29. The molecule has 1 amide bonds. The molecule has 150 valence electrons. The third-order valence-electron chi connectivity index (χ3n) is 4.91. The number of allylic oxidation sites excluding steroid dienone is 4. The summed E-state index contributed by atoms with van der Waals surface area (Å²) < 4.78 is 14.0. The van der Waals surface area contributed by atoms with Gasteiger partial charge in [-0.25, -0.2) is 4.39 Å². The van der Waals surface area contributed by atoms with Crippen LogP contribution in [0.5, 0.6) is 0 Å². The predicted molar refractivity (Wildman–Crippen MR) is 114 cm³/mol. The van der Waals surface area contributed by atoms with E-state index in [0.29, 0.717) is 24.7 Å². The number of hydrogen-bond acceptors (Lipinski definition) is 3. The van der Waals surface area contributed by atoms with Crippen LogP contribution in [-0.4, -0.2) is 28.9 Å². The van der Waals surface area contributed by atoms with Crippen LogP contribution in [0, 0.1) is 5.92 Å². The molecule has 1 aromatic heterocycles. The highest BCUT2D eigenvalue weighted by Gasteiger charge is 2.25. The third kappa shape index (κ3) is 5.65. The van der Waals surface area contributed by atoms with Crippen molar-refractivity contribution in [3.8, 4) is 0 Å². The highest BCUT2D eigenvalue weighted by atomic mass is 19.1. The van der Waals surface area contributed by atoms with Crippen molar-refractivity contribution < 1.29 is 9.18 Å². The van der Waals surface area contributed by atoms with Gasteiger partial charge in [0, 0.05) is 18.8 Å². The molecule has 1 aromatic rings. The number of nitrogens with one attached hydrogen (secondary N) is 1. The molecule has 4 nitrogen and oxygen atoms in total. The Morgan fingerprint density at radius 2 is 2.04 bits per heavy atom. The van der Waals surface area contributed by atoms with Gasteiger partial charge in [-0.3, -0.25) is 9.78 Å². The number of halogens is 1. The van der Waals surface area contributed by atoms with E-state index >= 15 is 0 Å². The normalized spacial score (nSPS) is 16.3. The minimum absolute atomic E-state index is 0.0173. The second-order valence-electron chi connectivity index (χ2n) is 7.46. The molecule has 0 atom stereocenters. The summed E-state index contributed by atoms with van der Waals surface area (Å²) in [6.45, 7) is 14.1. The molecule has 2 heterocycles. The molecule has 0 spiro atoms. The smallest absolute Gasteiger partial charge is 0.245 e. The van der Waals surface area contributed by atoms with Crippen molar-refractivity contribution in [2.75, 3.05) is 18.4 Å². The molecule has 1 saturated heterocycles. The van der Waals surface area contributed by atoms with Crippen molar-refractivity contribution in [3.63, 3.8) is 0 Å². The van der Waals surface area contributed by atoms with Gasteiger partial charge in [0.05, 0.1) is 17.6 Å². The van der Waals surface area contributed by atoms with Gasteiger partial charge in [-0.1, -0.05) is 31.4 Å². The van der Waals surface area contributed by atoms with Crippen molar-refractivity contribution in [1.29, 1.82) is 0 Å². The molecular formula is C23H30FN3O. The summed E-state index contributed by atoms with van der Waals surface area (Å²) in [6, 6.07) is 3.50. The Morgan fingerprint density at radius 3 is 2.54 bits per heavy atom. The zero-order valence-electron chi connectivity index (χ0n) is 17.0. The minimum Gasteiger partial charge on any atom is -0.355 e. The molecule has 1 fully saturated rings. The topological polar surface area (TPSA) is 45.2 Å². The summed E-state index contributed by atoms with van der Waals surface area (Å²) in [4.78, 5) is 17.8.